The molecule has 1 aliphatic carbocycles. The highest BCUT2D eigenvalue weighted by Crippen LogP contribution is 2.35. The van der Waals surface area contributed by atoms with Gasteiger partial charge in [0.1, 0.15) is 6.04 Å². The van der Waals surface area contributed by atoms with E-state index in [-0.39, 0.29) is 61.0 Å². The lowest BCUT2D eigenvalue weighted by Gasteiger charge is -2.33. The summed E-state index contributed by atoms with van der Waals surface area (Å²) in [5.41, 5.74) is 2.91. The van der Waals surface area contributed by atoms with Crippen LogP contribution >= 0.6 is 0 Å². The largest absolute Gasteiger partial charge is 0.352 e. The number of carbonyl (C=O) groups is 4. The summed E-state index contributed by atoms with van der Waals surface area (Å²) in [7, 11) is 0. The molecule has 0 aromatic heterocycles. The SMILES string of the molecule is Cc1ccccc1CN(C(=O)CCN1C(=O)[C@H]2CC=CC[C@H]2C1=O)[C@H](Cc1ccccc1)C(=O)NC(C)C. The number of carbonyl (C=O) groups excluding carboxylic acids is 4. The molecule has 0 unspecified atom stereocenters. The molecule has 0 radical (unpaired) electrons. The van der Waals surface area contributed by atoms with Gasteiger partial charge in [0, 0.05) is 32.0 Å². The molecule has 2 aliphatic rings. The molecule has 4 rings (SSSR count). The summed E-state index contributed by atoms with van der Waals surface area (Å²) in [6, 6.07) is 16.6. The summed E-state index contributed by atoms with van der Waals surface area (Å²) in [6.07, 6.45) is 5.35. The zero-order chi connectivity index (χ0) is 27.2. The van der Waals surface area contributed by atoms with Crippen molar-refractivity contribution in [3.8, 4) is 0 Å². The average Bonchev–Trinajstić information content (AvgIpc) is 3.15. The molecule has 0 spiro atoms. The number of nitrogens with one attached hydrogen (secondary N) is 1. The minimum atomic E-state index is -0.747. The van der Waals surface area contributed by atoms with Crippen molar-refractivity contribution < 1.29 is 19.2 Å². The van der Waals surface area contributed by atoms with Gasteiger partial charge >= 0.3 is 0 Å². The van der Waals surface area contributed by atoms with Gasteiger partial charge in [-0.25, -0.2) is 0 Å². The topological polar surface area (TPSA) is 86.8 Å². The van der Waals surface area contributed by atoms with Gasteiger partial charge < -0.3 is 10.2 Å². The van der Waals surface area contributed by atoms with Crippen LogP contribution < -0.4 is 5.32 Å². The van der Waals surface area contributed by atoms with Gasteiger partial charge in [-0.1, -0.05) is 66.7 Å². The molecule has 0 bridgehead atoms. The molecule has 1 aliphatic heterocycles. The molecule has 7 heteroatoms. The predicted molar refractivity (Wildman–Crippen MR) is 146 cm³/mol. The first-order chi connectivity index (χ1) is 18.3. The molecule has 0 saturated carbocycles. The van der Waals surface area contributed by atoms with Crippen molar-refractivity contribution in [2.75, 3.05) is 6.54 Å². The lowest BCUT2D eigenvalue weighted by Crippen LogP contribution is -2.52. The van der Waals surface area contributed by atoms with Crippen molar-refractivity contribution in [2.45, 2.75) is 65.1 Å². The van der Waals surface area contributed by atoms with Gasteiger partial charge in [0.25, 0.3) is 0 Å². The molecule has 7 nitrogen and oxygen atoms in total. The van der Waals surface area contributed by atoms with Gasteiger partial charge in [-0.05, 0) is 50.3 Å². The van der Waals surface area contributed by atoms with Crippen LogP contribution in [0.4, 0.5) is 0 Å². The number of rotatable bonds is 10. The molecular weight excluding hydrogens is 478 g/mol. The summed E-state index contributed by atoms with van der Waals surface area (Å²) in [6.45, 7) is 6.05. The fraction of sp³-hybridized carbons (Fsp3) is 0.419. The first-order valence-corrected chi connectivity index (χ1v) is 13.4. The number of amides is 4. The van der Waals surface area contributed by atoms with Gasteiger partial charge in [0.15, 0.2) is 0 Å². The van der Waals surface area contributed by atoms with Crippen LogP contribution in [0.25, 0.3) is 0 Å². The Balaban J connectivity index is 1.59. The number of hydrogen-bond donors (Lipinski definition) is 1. The van der Waals surface area contributed by atoms with Crippen LogP contribution in [0.3, 0.4) is 0 Å². The van der Waals surface area contributed by atoms with Crippen LogP contribution in [-0.2, 0) is 32.1 Å². The van der Waals surface area contributed by atoms with Gasteiger partial charge in [0.2, 0.25) is 23.6 Å². The van der Waals surface area contributed by atoms with E-state index in [1.54, 1.807) is 4.90 Å². The minimum Gasteiger partial charge on any atom is -0.352 e. The Morgan fingerprint density at radius 2 is 1.55 bits per heavy atom. The molecular formula is C31H37N3O4. The zero-order valence-electron chi connectivity index (χ0n) is 22.4. The number of imide groups is 1. The first kappa shape index (κ1) is 27.3. The quantitative estimate of drug-likeness (QED) is 0.385. The van der Waals surface area contributed by atoms with Crippen LogP contribution in [0.5, 0.6) is 0 Å². The lowest BCUT2D eigenvalue weighted by atomic mass is 9.85. The maximum absolute atomic E-state index is 13.8. The van der Waals surface area contributed by atoms with E-state index in [0.717, 1.165) is 16.7 Å². The number of likely N-dealkylation sites (tertiary alicyclic amines) is 1. The summed E-state index contributed by atoms with van der Waals surface area (Å²) in [5, 5.41) is 2.99. The van der Waals surface area contributed by atoms with E-state index >= 15 is 0 Å². The Bertz CT molecular complexity index is 1180. The van der Waals surface area contributed by atoms with Crippen molar-refractivity contribution in [1.82, 2.24) is 15.1 Å². The van der Waals surface area contributed by atoms with Gasteiger partial charge in [-0.3, -0.25) is 24.1 Å². The highest BCUT2D eigenvalue weighted by Gasteiger charge is 2.47. The predicted octanol–water partition coefficient (Wildman–Crippen LogP) is 3.80. The summed E-state index contributed by atoms with van der Waals surface area (Å²) < 4.78 is 0. The minimum absolute atomic E-state index is 0.0254. The summed E-state index contributed by atoms with van der Waals surface area (Å²) in [5.74, 6) is -1.53. The average molecular weight is 516 g/mol. The van der Waals surface area contributed by atoms with Crippen molar-refractivity contribution in [3.63, 3.8) is 0 Å². The Labute approximate surface area is 224 Å². The zero-order valence-corrected chi connectivity index (χ0v) is 22.4. The smallest absolute Gasteiger partial charge is 0.243 e. The number of fused-ring (bicyclic) bond motifs is 1. The second kappa shape index (κ2) is 12.2. The Kier molecular flexibility index (Phi) is 8.77. The van der Waals surface area contributed by atoms with E-state index in [0.29, 0.717) is 19.3 Å². The highest BCUT2D eigenvalue weighted by atomic mass is 16.2. The van der Waals surface area contributed by atoms with Crippen molar-refractivity contribution >= 4 is 23.6 Å². The van der Waals surface area contributed by atoms with Gasteiger partial charge in [-0.15, -0.1) is 0 Å². The van der Waals surface area contributed by atoms with E-state index < -0.39 is 6.04 Å². The van der Waals surface area contributed by atoms with Gasteiger partial charge in [-0.2, -0.15) is 0 Å². The second-order valence-electron chi connectivity index (χ2n) is 10.6. The Hall–Kier alpha value is -3.74. The molecule has 200 valence electrons. The Morgan fingerprint density at radius 1 is 0.947 bits per heavy atom. The first-order valence-electron chi connectivity index (χ1n) is 13.4. The molecule has 2 aromatic carbocycles. The number of nitrogens with zero attached hydrogens (tertiary/aromatic N) is 2. The lowest BCUT2D eigenvalue weighted by molar-refractivity contribution is -0.144. The monoisotopic (exact) mass is 515 g/mol. The molecule has 1 saturated heterocycles. The van der Waals surface area contributed by atoms with Crippen LogP contribution in [0, 0.1) is 18.8 Å². The van der Waals surface area contributed by atoms with E-state index in [9.17, 15) is 19.2 Å². The normalized spacial score (nSPS) is 19.4. The van der Waals surface area contributed by atoms with Crippen molar-refractivity contribution in [1.29, 1.82) is 0 Å². The van der Waals surface area contributed by atoms with Crippen LogP contribution in [-0.4, -0.2) is 52.1 Å². The van der Waals surface area contributed by atoms with Gasteiger partial charge in [0.05, 0.1) is 11.8 Å². The number of benzene rings is 2. The fourth-order valence-corrected chi connectivity index (χ4v) is 5.35. The molecule has 1 N–H and O–H groups in total. The van der Waals surface area contributed by atoms with E-state index in [1.165, 1.54) is 4.90 Å². The second-order valence-corrected chi connectivity index (χ2v) is 10.6. The maximum Gasteiger partial charge on any atom is 0.243 e. The Morgan fingerprint density at radius 3 is 2.16 bits per heavy atom. The van der Waals surface area contributed by atoms with E-state index in [2.05, 4.69) is 5.32 Å². The van der Waals surface area contributed by atoms with Crippen molar-refractivity contribution in [3.05, 3.63) is 83.4 Å². The number of aryl methyl sites for hydroxylation is 1. The number of allylic oxidation sites excluding steroid dienone is 2. The van der Waals surface area contributed by atoms with Crippen molar-refractivity contribution in [2.24, 2.45) is 11.8 Å². The van der Waals surface area contributed by atoms with Crippen LogP contribution in [0.1, 0.15) is 49.8 Å². The molecule has 1 heterocycles. The molecule has 4 amide bonds. The van der Waals surface area contributed by atoms with E-state index in [4.69, 9.17) is 0 Å². The molecule has 38 heavy (non-hydrogen) atoms. The third-order valence-electron chi connectivity index (χ3n) is 7.45. The maximum atomic E-state index is 13.8. The third kappa shape index (κ3) is 6.21. The van der Waals surface area contributed by atoms with E-state index in [1.807, 2.05) is 87.5 Å². The fourth-order valence-electron chi connectivity index (χ4n) is 5.35. The summed E-state index contributed by atoms with van der Waals surface area (Å²) in [4.78, 5) is 56.1. The number of hydrogen-bond acceptors (Lipinski definition) is 4. The standard InChI is InChI=1S/C31H37N3O4/c1-21(2)32-29(36)27(19-23-12-5-4-6-13-23)34(20-24-14-8-7-11-22(24)3)28(35)17-18-33-30(37)25-15-9-10-16-26(25)31(33)38/h4-14,21,25-27H,15-20H2,1-3H3,(H,32,36)/t25-,26+,27-/m1/s1. The third-order valence-corrected chi connectivity index (χ3v) is 7.45. The molecule has 2 aromatic rings. The van der Waals surface area contributed by atoms with Crippen LogP contribution in [0.15, 0.2) is 66.7 Å². The molecule has 1 fully saturated rings. The summed E-state index contributed by atoms with van der Waals surface area (Å²) >= 11 is 0. The highest BCUT2D eigenvalue weighted by molar-refractivity contribution is 6.05. The molecule has 3 atom stereocenters. The van der Waals surface area contributed by atoms with Crippen LogP contribution in [0.2, 0.25) is 0 Å².